The van der Waals surface area contributed by atoms with Crippen LogP contribution in [0.3, 0.4) is 0 Å². The highest BCUT2D eigenvalue weighted by molar-refractivity contribution is 7.99. The number of amides is 1. The number of nitrogens with two attached hydrogens (primary N) is 1. The van der Waals surface area contributed by atoms with Gasteiger partial charge >= 0.3 is 0 Å². The Labute approximate surface area is 132 Å². The van der Waals surface area contributed by atoms with Crippen LogP contribution in [0.2, 0.25) is 0 Å². The van der Waals surface area contributed by atoms with Gasteiger partial charge in [0, 0.05) is 11.1 Å². The first-order valence-electron chi connectivity index (χ1n) is 6.66. The fourth-order valence-electron chi connectivity index (χ4n) is 1.78. The van der Waals surface area contributed by atoms with Gasteiger partial charge in [-0.3, -0.25) is 4.79 Å². The predicted molar refractivity (Wildman–Crippen MR) is 84.2 cm³/mol. The lowest BCUT2D eigenvalue weighted by Crippen LogP contribution is -2.41. The quantitative estimate of drug-likeness (QED) is 0.662. The topological polar surface area (TPSA) is 85.8 Å². The molecule has 6 nitrogen and oxygen atoms in total. The van der Waals surface area contributed by atoms with Crippen LogP contribution in [-0.2, 0) is 4.79 Å². The third kappa shape index (κ3) is 4.20. The molecule has 0 fully saturated rings. The maximum absolute atomic E-state index is 13.2. The van der Waals surface area contributed by atoms with Crippen LogP contribution < -0.4 is 11.2 Å². The SMILES string of the molecule is CC(C)(C)NC(=O)CSc1nnc(-c2cccc(F)c2)n1N. The molecule has 1 aromatic carbocycles. The van der Waals surface area contributed by atoms with E-state index >= 15 is 0 Å². The lowest BCUT2D eigenvalue weighted by molar-refractivity contribution is -0.119. The zero-order valence-corrected chi connectivity index (χ0v) is 13.4. The van der Waals surface area contributed by atoms with E-state index in [1.54, 1.807) is 12.1 Å². The number of nitrogen functional groups attached to an aromatic ring is 1. The minimum atomic E-state index is -0.376. The third-order valence-electron chi connectivity index (χ3n) is 2.59. The summed E-state index contributed by atoms with van der Waals surface area (Å²) >= 11 is 1.17. The number of benzene rings is 1. The lowest BCUT2D eigenvalue weighted by atomic mass is 10.1. The second-order valence-electron chi connectivity index (χ2n) is 5.77. The molecule has 0 aliphatic heterocycles. The van der Waals surface area contributed by atoms with Gasteiger partial charge in [-0.25, -0.2) is 9.07 Å². The van der Waals surface area contributed by atoms with Crippen LogP contribution in [0, 0.1) is 5.82 Å². The van der Waals surface area contributed by atoms with Crippen LogP contribution in [0.15, 0.2) is 29.4 Å². The monoisotopic (exact) mass is 323 g/mol. The first-order valence-corrected chi connectivity index (χ1v) is 7.65. The van der Waals surface area contributed by atoms with Crippen LogP contribution in [-0.4, -0.2) is 32.1 Å². The van der Waals surface area contributed by atoms with E-state index in [9.17, 15) is 9.18 Å². The van der Waals surface area contributed by atoms with Crippen LogP contribution in [0.1, 0.15) is 20.8 Å². The van der Waals surface area contributed by atoms with Crippen LogP contribution >= 0.6 is 11.8 Å². The Kier molecular flexibility index (Phi) is 4.70. The number of thioether (sulfide) groups is 1. The summed E-state index contributed by atoms with van der Waals surface area (Å²) in [5.74, 6) is 5.94. The Morgan fingerprint density at radius 1 is 1.41 bits per heavy atom. The number of aromatic nitrogens is 3. The highest BCUT2D eigenvalue weighted by atomic mass is 32.2. The van der Waals surface area contributed by atoms with Crippen molar-refractivity contribution >= 4 is 17.7 Å². The summed E-state index contributed by atoms with van der Waals surface area (Å²) in [5.41, 5.74) is 0.238. The second-order valence-corrected chi connectivity index (χ2v) is 6.72. The first-order chi connectivity index (χ1) is 10.3. The van der Waals surface area contributed by atoms with Crippen molar-refractivity contribution in [1.82, 2.24) is 20.2 Å². The van der Waals surface area contributed by atoms with Crippen molar-refractivity contribution in [3.05, 3.63) is 30.1 Å². The van der Waals surface area contributed by atoms with E-state index in [1.807, 2.05) is 20.8 Å². The van der Waals surface area contributed by atoms with Crippen molar-refractivity contribution in [2.45, 2.75) is 31.5 Å². The van der Waals surface area contributed by atoms with E-state index in [-0.39, 0.29) is 23.0 Å². The number of hydrogen-bond acceptors (Lipinski definition) is 5. The largest absolute Gasteiger partial charge is 0.351 e. The summed E-state index contributed by atoms with van der Waals surface area (Å²) < 4.78 is 14.5. The molecular formula is C14H18FN5OS. The summed E-state index contributed by atoms with van der Waals surface area (Å²) in [6, 6.07) is 5.93. The van der Waals surface area contributed by atoms with Gasteiger partial charge in [0.15, 0.2) is 5.82 Å². The van der Waals surface area contributed by atoms with Crippen molar-refractivity contribution in [2.75, 3.05) is 11.6 Å². The molecule has 0 unspecified atom stereocenters. The van der Waals surface area contributed by atoms with Gasteiger partial charge in [-0.15, -0.1) is 10.2 Å². The number of carbonyl (C=O) groups excluding carboxylic acids is 1. The number of carbonyl (C=O) groups is 1. The molecule has 2 aromatic rings. The number of hydrogen-bond donors (Lipinski definition) is 2. The molecule has 1 amide bonds. The minimum Gasteiger partial charge on any atom is -0.351 e. The molecule has 0 aliphatic carbocycles. The molecule has 1 heterocycles. The smallest absolute Gasteiger partial charge is 0.230 e. The Balaban J connectivity index is 2.07. The molecule has 0 aliphatic rings. The lowest BCUT2D eigenvalue weighted by Gasteiger charge is -2.20. The van der Waals surface area contributed by atoms with E-state index in [0.29, 0.717) is 16.5 Å². The number of nitrogens with one attached hydrogen (secondary N) is 1. The zero-order valence-electron chi connectivity index (χ0n) is 12.6. The molecule has 8 heteroatoms. The molecule has 1 aromatic heterocycles. The van der Waals surface area contributed by atoms with Crippen molar-refractivity contribution in [1.29, 1.82) is 0 Å². The fourth-order valence-corrected chi connectivity index (χ4v) is 2.44. The maximum atomic E-state index is 13.2. The first kappa shape index (κ1) is 16.3. The maximum Gasteiger partial charge on any atom is 0.230 e. The summed E-state index contributed by atoms with van der Waals surface area (Å²) in [7, 11) is 0. The summed E-state index contributed by atoms with van der Waals surface area (Å²) in [6.07, 6.45) is 0. The van der Waals surface area contributed by atoms with Gasteiger partial charge in [0.05, 0.1) is 5.75 Å². The summed E-state index contributed by atoms with van der Waals surface area (Å²) in [4.78, 5) is 11.8. The Bertz CT molecular complexity index is 680. The molecule has 118 valence electrons. The van der Waals surface area contributed by atoms with E-state index in [4.69, 9.17) is 5.84 Å². The molecule has 0 saturated heterocycles. The van der Waals surface area contributed by atoms with E-state index < -0.39 is 0 Å². The molecule has 3 N–H and O–H groups in total. The molecule has 0 spiro atoms. The highest BCUT2D eigenvalue weighted by Crippen LogP contribution is 2.22. The number of rotatable bonds is 4. The average Bonchev–Trinajstić information content (AvgIpc) is 2.76. The van der Waals surface area contributed by atoms with E-state index in [0.717, 1.165) is 0 Å². The van der Waals surface area contributed by atoms with Gasteiger partial charge < -0.3 is 11.2 Å². The van der Waals surface area contributed by atoms with Gasteiger partial charge in [0.2, 0.25) is 11.1 Å². The predicted octanol–water partition coefficient (Wildman–Crippen LogP) is 1.80. The molecule has 2 rings (SSSR count). The highest BCUT2D eigenvalue weighted by Gasteiger charge is 2.17. The van der Waals surface area contributed by atoms with Crippen molar-refractivity contribution in [3.8, 4) is 11.4 Å². The van der Waals surface area contributed by atoms with Crippen molar-refractivity contribution in [3.63, 3.8) is 0 Å². The van der Waals surface area contributed by atoms with Crippen molar-refractivity contribution < 1.29 is 9.18 Å². The summed E-state index contributed by atoms with van der Waals surface area (Å²) in [5, 5.41) is 11.1. The van der Waals surface area contributed by atoms with Crippen molar-refractivity contribution in [2.24, 2.45) is 0 Å². The van der Waals surface area contributed by atoms with Gasteiger partial charge in [0.25, 0.3) is 0 Å². The minimum absolute atomic E-state index is 0.118. The third-order valence-corrected chi connectivity index (χ3v) is 3.54. The van der Waals surface area contributed by atoms with E-state index in [1.165, 1.54) is 28.6 Å². The molecule has 0 bridgehead atoms. The normalized spacial score (nSPS) is 11.5. The van der Waals surface area contributed by atoms with Gasteiger partial charge in [0.1, 0.15) is 5.82 Å². The molecule has 0 radical (unpaired) electrons. The number of nitrogens with zero attached hydrogens (tertiary/aromatic N) is 3. The Morgan fingerprint density at radius 3 is 2.77 bits per heavy atom. The van der Waals surface area contributed by atoms with Gasteiger partial charge in [-0.2, -0.15) is 0 Å². The van der Waals surface area contributed by atoms with E-state index in [2.05, 4.69) is 15.5 Å². The Hall–Kier alpha value is -2.09. The second kappa shape index (κ2) is 6.35. The number of halogens is 1. The standard InChI is InChI=1S/C14H18FN5OS/c1-14(2,3)17-11(21)8-22-13-19-18-12(20(13)16)9-5-4-6-10(15)7-9/h4-7H,8,16H2,1-3H3,(H,17,21). The molecule has 0 saturated carbocycles. The zero-order chi connectivity index (χ0) is 16.3. The van der Waals surface area contributed by atoms with Crippen LogP contribution in [0.5, 0.6) is 0 Å². The molecule has 0 atom stereocenters. The fraction of sp³-hybridized carbons (Fsp3) is 0.357. The van der Waals surface area contributed by atoms with Gasteiger partial charge in [-0.05, 0) is 32.9 Å². The molecule has 22 heavy (non-hydrogen) atoms. The molecular weight excluding hydrogens is 305 g/mol. The summed E-state index contributed by atoms with van der Waals surface area (Å²) in [6.45, 7) is 5.72. The Morgan fingerprint density at radius 2 is 2.14 bits per heavy atom. The van der Waals surface area contributed by atoms with Gasteiger partial charge in [-0.1, -0.05) is 23.9 Å². The van der Waals surface area contributed by atoms with Crippen LogP contribution in [0.4, 0.5) is 4.39 Å². The van der Waals surface area contributed by atoms with Crippen LogP contribution in [0.25, 0.3) is 11.4 Å². The average molecular weight is 323 g/mol.